The van der Waals surface area contributed by atoms with Crippen LogP contribution in [0.4, 0.5) is 5.69 Å². The molecular formula is C28H41N3O6S. The van der Waals surface area contributed by atoms with Gasteiger partial charge in [0.2, 0.25) is 21.8 Å². The van der Waals surface area contributed by atoms with Gasteiger partial charge in [0.1, 0.15) is 17.5 Å². The number of anilines is 1. The third-order valence-electron chi connectivity index (χ3n) is 6.39. The molecule has 2 rings (SSSR count). The first-order chi connectivity index (χ1) is 18.0. The van der Waals surface area contributed by atoms with E-state index in [4.69, 9.17) is 9.47 Å². The van der Waals surface area contributed by atoms with Gasteiger partial charge in [-0.3, -0.25) is 13.9 Å². The number of ether oxygens (including phenoxy) is 2. The molecule has 0 spiro atoms. The molecule has 2 unspecified atom stereocenters. The highest BCUT2D eigenvalue weighted by atomic mass is 32.2. The zero-order valence-electron chi connectivity index (χ0n) is 23.3. The van der Waals surface area contributed by atoms with Gasteiger partial charge >= 0.3 is 0 Å². The number of sulfonamides is 1. The van der Waals surface area contributed by atoms with Gasteiger partial charge in [0.25, 0.3) is 0 Å². The van der Waals surface area contributed by atoms with Crippen molar-refractivity contribution in [2.75, 3.05) is 31.3 Å². The van der Waals surface area contributed by atoms with Gasteiger partial charge in [-0.25, -0.2) is 8.42 Å². The van der Waals surface area contributed by atoms with Crippen molar-refractivity contribution in [2.24, 2.45) is 0 Å². The fraction of sp³-hybridized carbons (Fsp3) is 0.500. The lowest BCUT2D eigenvalue weighted by atomic mass is 10.1. The Bertz CT molecular complexity index is 1150. The molecule has 1 N–H and O–H groups in total. The van der Waals surface area contributed by atoms with Crippen molar-refractivity contribution in [1.29, 1.82) is 0 Å². The van der Waals surface area contributed by atoms with E-state index in [1.807, 2.05) is 45.0 Å². The average molecular weight is 548 g/mol. The van der Waals surface area contributed by atoms with E-state index in [0.29, 0.717) is 23.6 Å². The van der Waals surface area contributed by atoms with E-state index in [2.05, 4.69) is 5.32 Å². The molecule has 2 atom stereocenters. The lowest BCUT2D eigenvalue weighted by Crippen LogP contribution is -2.50. The molecule has 0 bridgehead atoms. The number of rotatable bonds is 15. The Hall–Kier alpha value is -3.27. The second kappa shape index (κ2) is 14.6. The summed E-state index contributed by atoms with van der Waals surface area (Å²) in [7, 11) is -0.456. The Kier molecular flexibility index (Phi) is 11.9. The molecule has 0 aromatic heterocycles. The fourth-order valence-electron chi connectivity index (χ4n) is 4.08. The molecule has 2 aromatic carbocycles. The molecule has 210 valence electrons. The van der Waals surface area contributed by atoms with Gasteiger partial charge in [-0.1, -0.05) is 26.0 Å². The smallest absolute Gasteiger partial charge is 0.243 e. The normalized spacial score (nSPS) is 12.8. The van der Waals surface area contributed by atoms with Crippen molar-refractivity contribution in [3.8, 4) is 11.5 Å². The molecule has 0 saturated carbocycles. The number of amides is 2. The van der Waals surface area contributed by atoms with E-state index in [1.54, 1.807) is 43.4 Å². The van der Waals surface area contributed by atoms with E-state index in [-0.39, 0.29) is 43.8 Å². The van der Waals surface area contributed by atoms with Gasteiger partial charge in [0.05, 0.1) is 26.2 Å². The molecule has 0 heterocycles. The van der Waals surface area contributed by atoms with Crippen LogP contribution < -0.4 is 19.1 Å². The van der Waals surface area contributed by atoms with Crippen LogP contribution in [0, 0.1) is 0 Å². The molecule has 0 saturated heterocycles. The summed E-state index contributed by atoms with van der Waals surface area (Å²) in [6, 6.07) is 13.4. The van der Waals surface area contributed by atoms with Gasteiger partial charge in [0, 0.05) is 25.6 Å². The summed E-state index contributed by atoms with van der Waals surface area (Å²) in [4.78, 5) is 28.3. The van der Waals surface area contributed by atoms with Crippen LogP contribution in [0.2, 0.25) is 0 Å². The first-order valence-corrected chi connectivity index (χ1v) is 14.7. The number of nitrogens with one attached hydrogen (secondary N) is 1. The number of nitrogens with zero attached hydrogens (tertiary/aromatic N) is 2. The molecular weight excluding hydrogens is 506 g/mol. The minimum atomic E-state index is -3.57. The largest absolute Gasteiger partial charge is 0.497 e. The SMILES string of the molecule is CCC(C)NC(=O)C(CC)N(Cc1cccc(OC)c1)C(=O)CCCN(c1ccc(OC)cc1)S(C)(=O)=O. The van der Waals surface area contributed by atoms with Crippen molar-refractivity contribution in [1.82, 2.24) is 10.2 Å². The van der Waals surface area contributed by atoms with Crippen molar-refractivity contribution in [3.05, 3.63) is 54.1 Å². The van der Waals surface area contributed by atoms with Gasteiger partial charge in [0.15, 0.2) is 0 Å². The average Bonchev–Trinajstić information content (AvgIpc) is 2.90. The number of hydrogen-bond acceptors (Lipinski definition) is 6. The van der Waals surface area contributed by atoms with Crippen molar-refractivity contribution >= 4 is 27.5 Å². The number of hydrogen-bond donors (Lipinski definition) is 1. The van der Waals surface area contributed by atoms with Crippen LogP contribution in [-0.2, 0) is 26.2 Å². The summed E-state index contributed by atoms with van der Waals surface area (Å²) in [5, 5.41) is 2.99. The van der Waals surface area contributed by atoms with E-state index in [0.717, 1.165) is 18.2 Å². The Balaban J connectivity index is 2.24. The highest BCUT2D eigenvalue weighted by Crippen LogP contribution is 2.23. The van der Waals surface area contributed by atoms with Crippen LogP contribution in [-0.4, -0.2) is 64.2 Å². The van der Waals surface area contributed by atoms with E-state index in [1.165, 1.54) is 4.31 Å². The zero-order chi connectivity index (χ0) is 28.3. The quantitative estimate of drug-likeness (QED) is 0.362. The lowest BCUT2D eigenvalue weighted by molar-refractivity contribution is -0.141. The standard InChI is InChI=1S/C28H41N3O6S/c1-7-21(3)29-28(33)26(8-2)30(20-22-11-9-12-25(19-22)37-5)27(32)13-10-18-31(38(6,34)35)23-14-16-24(36-4)17-15-23/h9,11-12,14-17,19,21,26H,7-8,10,13,18,20H2,1-6H3,(H,29,33). The fourth-order valence-corrected chi connectivity index (χ4v) is 5.05. The maximum absolute atomic E-state index is 13.5. The highest BCUT2D eigenvalue weighted by molar-refractivity contribution is 7.92. The Morgan fingerprint density at radius 1 is 0.974 bits per heavy atom. The Morgan fingerprint density at radius 3 is 2.18 bits per heavy atom. The third-order valence-corrected chi connectivity index (χ3v) is 7.58. The molecule has 0 fully saturated rings. The number of methoxy groups -OCH3 is 2. The van der Waals surface area contributed by atoms with E-state index < -0.39 is 16.1 Å². The third kappa shape index (κ3) is 8.93. The van der Waals surface area contributed by atoms with Crippen molar-refractivity contribution < 1.29 is 27.5 Å². The maximum Gasteiger partial charge on any atom is 0.243 e. The predicted octanol–water partition coefficient (Wildman–Crippen LogP) is 3.97. The molecule has 2 amide bonds. The Labute approximate surface area is 227 Å². The number of carbonyl (C=O) groups is 2. The predicted molar refractivity (Wildman–Crippen MR) is 150 cm³/mol. The van der Waals surface area contributed by atoms with Crippen LogP contribution in [0.15, 0.2) is 48.5 Å². The molecule has 10 heteroatoms. The molecule has 0 aliphatic rings. The van der Waals surface area contributed by atoms with Crippen LogP contribution in [0.1, 0.15) is 52.0 Å². The minimum absolute atomic E-state index is 0.0156. The van der Waals surface area contributed by atoms with E-state index in [9.17, 15) is 18.0 Å². The van der Waals surface area contributed by atoms with Crippen LogP contribution in [0.5, 0.6) is 11.5 Å². The van der Waals surface area contributed by atoms with Gasteiger partial charge in [-0.2, -0.15) is 0 Å². The topological polar surface area (TPSA) is 105 Å². The van der Waals surface area contributed by atoms with Gasteiger partial charge in [-0.15, -0.1) is 0 Å². The molecule has 0 radical (unpaired) electrons. The summed E-state index contributed by atoms with van der Waals surface area (Å²) in [6.07, 6.45) is 2.73. The molecule has 2 aromatic rings. The minimum Gasteiger partial charge on any atom is -0.497 e. The van der Waals surface area contributed by atoms with Crippen molar-refractivity contribution in [2.45, 2.75) is 65.1 Å². The summed E-state index contributed by atoms with van der Waals surface area (Å²) >= 11 is 0. The summed E-state index contributed by atoms with van der Waals surface area (Å²) in [5.41, 5.74) is 1.33. The first-order valence-electron chi connectivity index (χ1n) is 12.9. The molecule has 0 aliphatic carbocycles. The summed E-state index contributed by atoms with van der Waals surface area (Å²) in [6.45, 7) is 6.15. The monoisotopic (exact) mass is 547 g/mol. The maximum atomic E-state index is 13.5. The summed E-state index contributed by atoms with van der Waals surface area (Å²) in [5.74, 6) is 0.860. The van der Waals surface area contributed by atoms with Gasteiger partial charge < -0.3 is 19.7 Å². The van der Waals surface area contributed by atoms with Crippen LogP contribution in [0.3, 0.4) is 0 Å². The van der Waals surface area contributed by atoms with E-state index >= 15 is 0 Å². The summed E-state index contributed by atoms with van der Waals surface area (Å²) < 4.78 is 36.8. The lowest BCUT2D eigenvalue weighted by Gasteiger charge is -2.32. The van der Waals surface area contributed by atoms with Gasteiger partial charge in [-0.05, 0) is 68.1 Å². The second-order valence-corrected chi connectivity index (χ2v) is 11.2. The second-order valence-electron chi connectivity index (χ2n) is 9.25. The highest BCUT2D eigenvalue weighted by Gasteiger charge is 2.29. The number of carbonyl (C=O) groups excluding carboxylic acids is 2. The van der Waals surface area contributed by atoms with Crippen molar-refractivity contribution in [3.63, 3.8) is 0 Å². The first kappa shape index (κ1) is 31.0. The zero-order valence-corrected chi connectivity index (χ0v) is 24.1. The number of benzene rings is 2. The molecule has 0 aliphatic heterocycles. The Morgan fingerprint density at radius 2 is 1.63 bits per heavy atom. The molecule has 38 heavy (non-hydrogen) atoms. The van der Waals surface area contributed by atoms with Crippen LogP contribution >= 0.6 is 0 Å². The van der Waals surface area contributed by atoms with Crippen LogP contribution in [0.25, 0.3) is 0 Å². The molecule has 9 nitrogen and oxygen atoms in total.